The maximum Gasteiger partial charge on any atom is 0.347 e. The summed E-state index contributed by atoms with van der Waals surface area (Å²) >= 11 is 0. The van der Waals surface area contributed by atoms with Gasteiger partial charge in [-0.2, -0.15) is 0 Å². The van der Waals surface area contributed by atoms with Crippen LogP contribution >= 0.6 is 0 Å². The van der Waals surface area contributed by atoms with Crippen molar-refractivity contribution in [3.8, 4) is 34.5 Å². The first kappa shape index (κ1) is 41.4. The summed E-state index contributed by atoms with van der Waals surface area (Å²) in [6.45, 7) is 8.21. The van der Waals surface area contributed by atoms with Crippen molar-refractivity contribution in [2.45, 2.75) is 57.8 Å². The van der Waals surface area contributed by atoms with E-state index in [-0.39, 0.29) is 64.2 Å². The van der Waals surface area contributed by atoms with Gasteiger partial charge < -0.3 is 29.2 Å². The van der Waals surface area contributed by atoms with Crippen LogP contribution in [0.2, 0.25) is 0 Å². The molecule has 0 aromatic heterocycles. The van der Waals surface area contributed by atoms with Crippen LogP contribution < -0.4 is 18.9 Å². The maximum atomic E-state index is 13.2. The smallest absolute Gasteiger partial charge is 0.347 e. The lowest BCUT2D eigenvalue weighted by Crippen LogP contribution is -2.19. The van der Waals surface area contributed by atoms with E-state index in [1.165, 1.54) is 24.3 Å². The van der Waals surface area contributed by atoms with Gasteiger partial charge >= 0.3 is 23.9 Å². The van der Waals surface area contributed by atoms with Crippen LogP contribution in [-0.2, 0) is 20.4 Å². The second-order valence-corrected chi connectivity index (χ2v) is 15.0. The molecule has 0 bridgehead atoms. The Kier molecular flexibility index (Phi) is 12.6. The summed E-state index contributed by atoms with van der Waals surface area (Å²) in [6.07, 6.45) is -0.226. The van der Waals surface area contributed by atoms with Crippen molar-refractivity contribution in [3.05, 3.63) is 179 Å². The molecule has 0 fully saturated rings. The Labute approximate surface area is 342 Å². The van der Waals surface area contributed by atoms with Crippen LogP contribution in [0.1, 0.15) is 89.9 Å². The number of rotatable bonds is 14. The van der Waals surface area contributed by atoms with Crippen LogP contribution in [0.5, 0.6) is 34.5 Å². The quantitative estimate of drug-likeness (QED) is 0.0807. The van der Waals surface area contributed by atoms with Crippen molar-refractivity contribution >= 4 is 23.9 Å². The van der Waals surface area contributed by atoms with E-state index in [2.05, 4.69) is 27.7 Å². The summed E-state index contributed by atoms with van der Waals surface area (Å²) < 4.78 is 22.2. The van der Waals surface area contributed by atoms with E-state index in [4.69, 9.17) is 18.9 Å². The second kappa shape index (κ2) is 17.9. The molecule has 0 aliphatic carbocycles. The number of aromatic hydroxyl groups is 2. The maximum absolute atomic E-state index is 13.2. The standard InChI is InChI=1S/C49H44O10/c1-48(2,32-16-24-36(50)25-17-32)34-20-28-38(29-21-34)56-46(54)40-10-5-7-12-42(40)58-44(52)14-9-15-45(53)59-43-13-8-6-11-41(43)47(55)57-39-30-22-35(23-31-39)49(3,4)33-18-26-37(51)27-19-33/h5-8,10-13,16-31,50-51H,9,14-15H2,1-4H3. The van der Waals surface area contributed by atoms with Crippen molar-refractivity contribution in [1.29, 1.82) is 0 Å². The number of phenolic OH excluding ortho intramolecular Hbond substituents is 2. The molecule has 10 nitrogen and oxygen atoms in total. The summed E-state index contributed by atoms with van der Waals surface area (Å²) in [4.78, 5) is 52.0. The normalized spacial score (nSPS) is 11.3. The lowest BCUT2D eigenvalue weighted by molar-refractivity contribution is -0.136. The minimum absolute atomic E-state index is 0.0123. The third-order valence-corrected chi connectivity index (χ3v) is 10.2. The number of carbonyl (C=O) groups is 4. The van der Waals surface area contributed by atoms with E-state index in [1.54, 1.807) is 72.8 Å². The van der Waals surface area contributed by atoms with E-state index in [1.807, 2.05) is 48.5 Å². The van der Waals surface area contributed by atoms with Crippen molar-refractivity contribution in [2.24, 2.45) is 0 Å². The van der Waals surface area contributed by atoms with E-state index in [0.29, 0.717) is 11.5 Å². The number of esters is 4. The van der Waals surface area contributed by atoms with Crippen molar-refractivity contribution in [1.82, 2.24) is 0 Å². The Morgan fingerprint density at radius 2 is 0.729 bits per heavy atom. The number of hydrogen-bond acceptors (Lipinski definition) is 10. The van der Waals surface area contributed by atoms with Crippen LogP contribution in [0.4, 0.5) is 0 Å². The topological polar surface area (TPSA) is 146 Å². The van der Waals surface area contributed by atoms with Crippen LogP contribution in [0.25, 0.3) is 0 Å². The lowest BCUT2D eigenvalue weighted by atomic mass is 9.78. The van der Waals surface area contributed by atoms with Crippen LogP contribution in [-0.4, -0.2) is 34.1 Å². The second-order valence-electron chi connectivity index (χ2n) is 15.0. The highest BCUT2D eigenvalue weighted by Gasteiger charge is 2.25. The van der Waals surface area contributed by atoms with Gasteiger partial charge in [-0.25, -0.2) is 9.59 Å². The third-order valence-electron chi connectivity index (χ3n) is 10.2. The molecule has 0 aliphatic heterocycles. The first-order chi connectivity index (χ1) is 28.2. The van der Waals surface area contributed by atoms with Gasteiger partial charge in [0.25, 0.3) is 0 Å². The minimum Gasteiger partial charge on any atom is -0.508 e. The largest absolute Gasteiger partial charge is 0.508 e. The van der Waals surface area contributed by atoms with Gasteiger partial charge in [0.05, 0.1) is 0 Å². The van der Waals surface area contributed by atoms with Gasteiger partial charge in [0.15, 0.2) is 0 Å². The molecule has 0 saturated heterocycles. The fourth-order valence-corrected chi connectivity index (χ4v) is 6.47. The SMILES string of the molecule is CC(C)(c1ccc(O)cc1)c1ccc(OC(=O)c2ccccc2OC(=O)CCCC(=O)Oc2ccccc2C(=O)Oc2ccc(C(C)(C)c3ccc(O)cc3)cc2)cc1. The monoisotopic (exact) mass is 792 g/mol. The zero-order valence-electron chi connectivity index (χ0n) is 33.1. The molecule has 10 heteroatoms. The molecule has 0 spiro atoms. The molecule has 0 atom stereocenters. The molecule has 0 aliphatic rings. The molecule has 6 rings (SSSR count). The Hall–Kier alpha value is -7.20. The van der Waals surface area contributed by atoms with Crippen molar-refractivity contribution in [3.63, 3.8) is 0 Å². The molecule has 0 heterocycles. The first-order valence-corrected chi connectivity index (χ1v) is 19.0. The Morgan fingerprint density at radius 1 is 0.424 bits per heavy atom. The van der Waals surface area contributed by atoms with Gasteiger partial charge in [-0.15, -0.1) is 0 Å². The molecule has 0 unspecified atom stereocenters. The molecule has 0 saturated carbocycles. The number of benzene rings is 6. The third kappa shape index (κ3) is 10.2. The zero-order chi connectivity index (χ0) is 42.2. The highest BCUT2D eigenvalue weighted by atomic mass is 16.6. The number of hydrogen-bond donors (Lipinski definition) is 2. The lowest BCUT2D eigenvalue weighted by Gasteiger charge is -2.26. The van der Waals surface area contributed by atoms with Crippen LogP contribution in [0.15, 0.2) is 146 Å². The van der Waals surface area contributed by atoms with E-state index >= 15 is 0 Å². The molecule has 59 heavy (non-hydrogen) atoms. The summed E-state index contributed by atoms with van der Waals surface area (Å²) in [5, 5.41) is 19.3. The Bertz CT molecular complexity index is 2260. The van der Waals surface area contributed by atoms with Gasteiger partial charge in [-0.3, -0.25) is 9.59 Å². The van der Waals surface area contributed by atoms with E-state index < -0.39 is 23.9 Å². The first-order valence-electron chi connectivity index (χ1n) is 19.0. The predicted molar refractivity (Wildman–Crippen MR) is 221 cm³/mol. The molecule has 6 aromatic carbocycles. The molecular formula is C49H44O10. The van der Waals surface area contributed by atoms with Gasteiger partial charge in [-0.05, 0) is 101 Å². The fraction of sp³-hybridized carbons (Fsp3) is 0.184. The van der Waals surface area contributed by atoms with Gasteiger partial charge in [0.1, 0.15) is 45.6 Å². The summed E-state index contributed by atoms with van der Waals surface area (Å²) in [6, 6.07) is 40.6. The van der Waals surface area contributed by atoms with Crippen LogP contribution in [0.3, 0.4) is 0 Å². The van der Waals surface area contributed by atoms with E-state index in [0.717, 1.165) is 22.3 Å². The van der Waals surface area contributed by atoms with Gasteiger partial charge in [0, 0.05) is 23.7 Å². The summed E-state index contributed by atoms with van der Waals surface area (Å²) in [7, 11) is 0. The number of para-hydroxylation sites is 2. The average Bonchev–Trinajstić information content (AvgIpc) is 3.22. The van der Waals surface area contributed by atoms with Crippen molar-refractivity contribution in [2.75, 3.05) is 0 Å². The highest BCUT2D eigenvalue weighted by Crippen LogP contribution is 2.35. The predicted octanol–water partition coefficient (Wildman–Crippen LogP) is 9.87. The zero-order valence-corrected chi connectivity index (χ0v) is 33.1. The summed E-state index contributed by atoms with van der Waals surface area (Å²) in [5.74, 6) is -1.77. The highest BCUT2D eigenvalue weighted by molar-refractivity contribution is 5.95. The minimum atomic E-state index is -0.716. The molecule has 6 aromatic rings. The Morgan fingerprint density at radius 3 is 1.07 bits per heavy atom. The number of carbonyl (C=O) groups excluding carboxylic acids is 4. The fourth-order valence-electron chi connectivity index (χ4n) is 6.47. The molecule has 0 amide bonds. The molecule has 0 radical (unpaired) electrons. The van der Waals surface area contributed by atoms with Crippen LogP contribution in [0, 0.1) is 0 Å². The molecule has 300 valence electrons. The molecular weight excluding hydrogens is 749 g/mol. The average molecular weight is 793 g/mol. The van der Waals surface area contributed by atoms with Gasteiger partial charge in [0.2, 0.25) is 0 Å². The van der Waals surface area contributed by atoms with E-state index in [9.17, 15) is 29.4 Å². The Balaban J connectivity index is 0.990. The number of phenols is 2. The molecule has 2 N–H and O–H groups in total. The number of ether oxygens (including phenoxy) is 4. The van der Waals surface area contributed by atoms with Gasteiger partial charge in [-0.1, -0.05) is 100 Å². The van der Waals surface area contributed by atoms with Crippen molar-refractivity contribution < 1.29 is 48.3 Å². The summed E-state index contributed by atoms with van der Waals surface area (Å²) in [5.41, 5.74) is 3.29.